The van der Waals surface area contributed by atoms with Gasteiger partial charge in [-0.25, -0.2) is 0 Å². The van der Waals surface area contributed by atoms with Crippen LogP contribution in [0.2, 0.25) is 0 Å². The van der Waals surface area contributed by atoms with E-state index in [2.05, 4.69) is 12.1 Å². The molecule has 1 aliphatic heterocycles. The Morgan fingerprint density at radius 2 is 1.21 bits per heavy atom. The smallest absolute Gasteiger partial charge is 0.110 e. The van der Waals surface area contributed by atoms with Gasteiger partial charge in [0.2, 0.25) is 0 Å². The molecule has 3 rings (SSSR count). The number of nitrogens with zero attached hydrogens (tertiary/aromatic N) is 1. The molecular formula is C19H23NO4. The fourth-order valence-corrected chi connectivity index (χ4v) is 3.10. The van der Waals surface area contributed by atoms with Crippen molar-refractivity contribution in [1.82, 2.24) is 4.90 Å². The standard InChI is InChI=1S/C19H23NO4/c21-16-11-20(12-17(22)19(24)18(16)23)10-13-6-8-15(9-7-13)14-4-2-1-3-5-14/h1-9,16-19,21-24H,10-12H2/t16-,17+,18+,19-. The topological polar surface area (TPSA) is 84.2 Å². The van der Waals surface area contributed by atoms with Gasteiger partial charge in [-0.15, -0.1) is 0 Å². The van der Waals surface area contributed by atoms with Gasteiger partial charge in [-0.3, -0.25) is 4.90 Å². The minimum Gasteiger partial charge on any atom is -0.389 e. The van der Waals surface area contributed by atoms with Crippen LogP contribution in [-0.4, -0.2) is 62.8 Å². The van der Waals surface area contributed by atoms with Crippen LogP contribution in [0.3, 0.4) is 0 Å². The number of benzene rings is 2. The molecule has 2 aromatic carbocycles. The largest absolute Gasteiger partial charge is 0.389 e. The van der Waals surface area contributed by atoms with Gasteiger partial charge in [0.1, 0.15) is 12.2 Å². The number of hydrogen-bond acceptors (Lipinski definition) is 5. The zero-order chi connectivity index (χ0) is 17.1. The molecule has 0 bridgehead atoms. The lowest BCUT2D eigenvalue weighted by Gasteiger charge is -2.23. The Labute approximate surface area is 141 Å². The highest BCUT2D eigenvalue weighted by molar-refractivity contribution is 5.63. The highest BCUT2D eigenvalue weighted by Gasteiger charge is 2.36. The summed E-state index contributed by atoms with van der Waals surface area (Å²) in [6.45, 7) is 0.939. The summed E-state index contributed by atoms with van der Waals surface area (Å²) in [6, 6.07) is 18.2. The molecule has 2 aromatic rings. The van der Waals surface area contributed by atoms with E-state index in [0.29, 0.717) is 6.54 Å². The highest BCUT2D eigenvalue weighted by Crippen LogP contribution is 2.21. The van der Waals surface area contributed by atoms with Gasteiger partial charge in [-0.1, -0.05) is 54.6 Å². The lowest BCUT2D eigenvalue weighted by atomic mass is 10.0. The molecule has 0 amide bonds. The average molecular weight is 329 g/mol. The monoisotopic (exact) mass is 329 g/mol. The fourth-order valence-electron chi connectivity index (χ4n) is 3.10. The van der Waals surface area contributed by atoms with Crippen LogP contribution in [0, 0.1) is 0 Å². The lowest BCUT2D eigenvalue weighted by Crippen LogP contribution is -2.43. The normalized spacial score (nSPS) is 28.5. The van der Waals surface area contributed by atoms with E-state index in [0.717, 1.165) is 16.7 Å². The van der Waals surface area contributed by atoms with Crippen molar-refractivity contribution in [1.29, 1.82) is 0 Å². The summed E-state index contributed by atoms with van der Waals surface area (Å²) in [5.41, 5.74) is 3.32. The van der Waals surface area contributed by atoms with Crippen molar-refractivity contribution in [2.24, 2.45) is 0 Å². The van der Waals surface area contributed by atoms with Crippen molar-refractivity contribution in [3.63, 3.8) is 0 Å². The summed E-state index contributed by atoms with van der Waals surface area (Å²) < 4.78 is 0. The molecule has 0 spiro atoms. The molecule has 0 aromatic heterocycles. The summed E-state index contributed by atoms with van der Waals surface area (Å²) in [6.07, 6.45) is -4.82. The van der Waals surface area contributed by atoms with Gasteiger partial charge in [0.25, 0.3) is 0 Å². The quantitative estimate of drug-likeness (QED) is 0.663. The number of β-amino-alcohol motifs (C(OH)–C–C–N with tert-alkyl or cyclic N) is 2. The summed E-state index contributed by atoms with van der Waals surface area (Å²) in [5.74, 6) is 0. The number of rotatable bonds is 3. The molecule has 128 valence electrons. The van der Waals surface area contributed by atoms with E-state index in [4.69, 9.17) is 0 Å². The molecule has 5 heteroatoms. The Bertz CT molecular complexity index is 630. The van der Waals surface area contributed by atoms with Crippen LogP contribution in [-0.2, 0) is 6.54 Å². The minimum absolute atomic E-state index is 0.204. The van der Waals surface area contributed by atoms with Crippen molar-refractivity contribution >= 4 is 0 Å². The highest BCUT2D eigenvalue weighted by atomic mass is 16.4. The van der Waals surface area contributed by atoms with Crippen molar-refractivity contribution in [2.75, 3.05) is 13.1 Å². The molecular weight excluding hydrogens is 306 g/mol. The van der Waals surface area contributed by atoms with Crippen molar-refractivity contribution < 1.29 is 20.4 Å². The van der Waals surface area contributed by atoms with E-state index in [9.17, 15) is 20.4 Å². The van der Waals surface area contributed by atoms with Crippen molar-refractivity contribution in [3.8, 4) is 11.1 Å². The van der Waals surface area contributed by atoms with Crippen LogP contribution in [0.25, 0.3) is 11.1 Å². The molecule has 24 heavy (non-hydrogen) atoms. The average Bonchev–Trinajstić information content (AvgIpc) is 2.69. The number of likely N-dealkylation sites (tertiary alicyclic amines) is 1. The molecule has 1 fully saturated rings. The van der Waals surface area contributed by atoms with E-state index in [-0.39, 0.29) is 13.1 Å². The van der Waals surface area contributed by atoms with Crippen molar-refractivity contribution in [3.05, 3.63) is 60.2 Å². The second-order valence-corrected chi connectivity index (χ2v) is 6.37. The van der Waals surface area contributed by atoms with Crippen LogP contribution in [0.15, 0.2) is 54.6 Å². The van der Waals surface area contributed by atoms with Crippen LogP contribution in [0.4, 0.5) is 0 Å². The molecule has 1 aliphatic rings. The number of aliphatic hydroxyl groups excluding tert-OH is 4. The van der Waals surface area contributed by atoms with Gasteiger partial charge in [0.15, 0.2) is 0 Å². The Kier molecular flexibility index (Phi) is 5.28. The summed E-state index contributed by atoms with van der Waals surface area (Å²) >= 11 is 0. The second kappa shape index (κ2) is 7.42. The zero-order valence-electron chi connectivity index (χ0n) is 13.4. The SMILES string of the molecule is O[C@@H]1[C@H](O)[C@@H](O)CN(Cc2ccc(-c3ccccc3)cc2)C[C@H]1O. The first-order valence-corrected chi connectivity index (χ1v) is 8.13. The van der Waals surface area contributed by atoms with Gasteiger partial charge in [-0.05, 0) is 16.7 Å². The Balaban J connectivity index is 1.69. The molecule has 1 saturated heterocycles. The van der Waals surface area contributed by atoms with Crippen molar-refractivity contribution in [2.45, 2.75) is 31.0 Å². The third-order valence-corrected chi connectivity index (χ3v) is 4.50. The molecule has 0 aliphatic carbocycles. The van der Waals surface area contributed by atoms with Crippen LogP contribution < -0.4 is 0 Å². The molecule has 4 N–H and O–H groups in total. The van der Waals surface area contributed by atoms with Crippen LogP contribution in [0.5, 0.6) is 0 Å². The van der Waals surface area contributed by atoms with Crippen LogP contribution in [0.1, 0.15) is 5.56 Å². The van der Waals surface area contributed by atoms with E-state index in [1.165, 1.54) is 0 Å². The second-order valence-electron chi connectivity index (χ2n) is 6.37. The lowest BCUT2D eigenvalue weighted by molar-refractivity contribution is -0.0894. The summed E-state index contributed by atoms with van der Waals surface area (Å²) in [7, 11) is 0. The number of aliphatic hydroxyl groups is 4. The molecule has 0 unspecified atom stereocenters. The predicted octanol–water partition coefficient (Wildman–Crippen LogP) is 0.613. The molecule has 1 heterocycles. The predicted molar refractivity (Wildman–Crippen MR) is 91.2 cm³/mol. The first kappa shape index (κ1) is 17.1. The third-order valence-electron chi connectivity index (χ3n) is 4.50. The summed E-state index contributed by atoms with van der Waals surface area (Å²) in [4.78, 5) is 1.84. The Morgan fingerprint density at radius 1 is 0.708 bits per heavy atom. The zero-order valence-corrected chi connectivity index (χ0v) is 13.4. The molecule has 0 saturated carbocycles. The molecule has 0 radical (unpaired) electrons. The van der Waals surface area contributed by atoms with Gasteiger partial charge < -0.3 is 20.4 Å². The number of hydrogen-bond donors (Lipinski definition) is 4. The first-order chi connectivity index (χ1) is 11.5. The van der Waals surface area contributed by atoms with E-state index < -0.39 is 24.4 Å². The van der Waals surface area contributed by atoms with Gasteiger partial charge in [-0.2, -0.15) is 0 Å². The minimum atomic E-state index is -1.33. The van der Waals surface area contributed by atoms with Gasteiger partial charge in [0.05, 0.1) is 12.2 Å². The maximum Gasteiger partial charge on any atom is 0.110 e. The molecule has 4 atom stereocenters. The van der Waals surface area contributed by atoms with Gasteiger partial charge >= 0.3 is 0 Å². The fraction of sp³-hybridized carbons (Fsp3) is 0.368. The third kappa shape index (κ3) is 3.83. The maximum atomic E-state index is 9.92. The van der Waals surface area contributed by atoms with E-state index in [1.54, 1.807) is 0 Å². The van der Waals surface area contributed by atoms with E-state index >= 15 is 0 Å². The van der Waals surface area contributed by atoms with Crippen LogP contribution >= 0.6 is 0 Å². The van der Waals surface area contributed by atoms with Gasteiger partial charge in [0, 0.05) is 19.6 Å². The Morgan fingerprint density at radius 3 is 1.75 bits per heavy atom. The Hall–Kier alpha value is -1.76. The maximum absolute atomic E-state index is 9.92. The first-order valence-electron chi connectivity index (χ1n) is 8.13. The van der Waals surface area contributed by atoms with E-state index in [1.807, 2.05) is 47.4 Å². The molecule has 5 nitrogen and oxygen atoms in total. The summed E-state index contributed by atoms with van der Waals surface area (Å²) in [5, 5.41) is 39.4.